The zero-order valence-corrected chi connectivity index (χ0v) is 12.7. The molecule has 0 aromatic heterocycles. The fraction of sp³-hybridized carbons (Fsp3) is 0.143. The molecule has 0 unspecified atom stereocenters. The van der Waals surface area contributed by atoms with Crippen molar-refractivity contribution < 1.29 is 13.5 Å². The third-order valence-corrected chi connectivity index (χ3v) is 3.98. The minimum Gasteiger partial charge on any atom is -0.508 e. The van der Waals surface area contributed by atoms with Crippen LogP contribution >= 0.6 is 11.6 Å². The number of sulfonamides is 1. The van der Waals surface area contributed by atoms with Crippen LogP contribution in [0, 0.1) is 0 Å². The van der Waals surface area contributed by atoms with E-state index in [2.05, 4.69) is 5.32 Å². The number of nitrogens with two attached hydrogens (primary N) is 1. The number of nitrogens with one attached hydrogen (secondary N) is 1. The smallest absolute Gasteiger partial charge is 0.213 e. The van der Waals surface area contributed by atoms with E-state index in [1.54, 1.807) is 42.5 Å². The van der Waals surface area contributed by atoms with Crippen LogP contribution in [0.2, 0.25) is 5.02 Å². The molecule has 0 saturated heterocycles. The Morgan fingerprint density at radius 2 is 1.81 bits per heavy atom. The summed E-state index contributed by atoms with van der Waals surface area (Å²) >= 11 is 6.01. The molecular formula is C14H15ClN2O3S. The van der Waals surface area contributed by atoms with Gasteiger partial charge >= 0.3 is 0 Å². The highest BCUT2D eigenvalue weighted by Gasteiger charge is 2.07. The van der Waals surface area contributed by atoms with Gasteiger partial charge in [0.1, 0.15) is 5.75 Å². The zero-order chi connectivity index (χ0) is 15.5. The molecule has 2 rings (SSSR count). The number of rotatable bonds is 5. The summed E-state index contributed by atoms with van der Waals surface area (Å²) < 4.78 is 22.0. The summed E-state index contributed by atoms with van der Waals surface area (Å²) in [6, 6.07) is 11.8. The predicted molar refractivity (Wildman–Crippen MR) is 83.7 cm³/mol. The maximum atomic E-state index is 11.0. The second-order valence-electron chi connectivity index (χ2n) is 4.60. The van der Waals surface area contributed by atoms with Crippen molar-refractivity contribution in [2.75, 3.05) is 5.32 Å². The van der Waals surface area contributed by atoms with Crippen LogP contribution in [0.25, 0.3) is 0 Å². The SMILES string of the molecule is NS(=O)(=O)Cc1ccc(NCc2c(O)cccc2Cl)cc1. The first-order chi connectivity index (χ1) is 9.85. The maximum Gasteiger partial charge on any atom is 0.213 e. The molecule has 4 N–H and O–H groups in total. The maximum absolute atomic E-state index is 11.0. The van der Waals surface area contributed by atoms with Gasteiger partial charge < -0.3 is 10.4 Å². The molecule has 0 saturated carbocycles. The topological polar surface area (TPSA) is 92.4 Å². The van der Waals surface area contributed by atoms with Crippen molar-refractivity contribution in [2.24, 2.45) is 5.14 Å². The second-order valence-corrected chi connectivity index (χ2v) is 6.62. The minimum atomic E-state index is -3.53. The Labute approximate surface area is 128 Å². The lowest BCUT2D eigenvalue weighted by Crippen LogP contribution is -2.14. The summed E-state index contributed by atoms with van der Waals surface area (Å²) in [7, 11) is -3.53. The first kappa shape index (κ1) is 15.6. The Morgan fingerprint density at radius 1 is 1.14 bits per heavy atom. The van der Waals surface area contributed by atoms with E-state index in [0.29, 0.717) is 22.7 Å². The highest BCUT2D eigenvalue weighted by atomic mass is 35.5. The molecule has 0 aliphatic carbocycles. The minimum absolute atomic E-state index is 0.126. The highest BCUT2D eigenvalue weighted by Crippen LogP contribution is 2.26. The van der Waals surface area contributed by atoms with Crippen molar-refractivity contribution in [3.8, 4) is 5.75 Å². The van der Waals surface area contributed by atoms with Gasteiger partial charge in [0.2, 0.25) is 10.0 Å². The number of hydrogen-bond acceptors (Lipinski definition) is 4. The Kier molecular flexibility index (Phi) is 4.72. The standard InChI is InChI=1S/C14H15ClN2O3S/c15-13-2-1-3-14(18)12(13)8-17-11-6-4-10(5-7-11)9-21(16,19)20/h1-7,17-18H,8-9H2,(H2,16,19,20). The van der Waals surface area contributed by atoms with E-state index in [1.165, 1.54) is 0 Å². The van der Waals surface area contributed by atoms with Gasteiger partial charge in [-0.1, -0.05) is 29.8 Å². The number of primary sulfonamides is 1. The van der Waals surface area contributed by atoms with E-state index >= 15 is 0 Å². The van der Waals surface area contributed by atoms with E-state index < -0.39 is 10.0 Å². The molecule has 112 valence electrons. The lowest BCUT2D eigenvalue weighted by Gasteiger charge is -2.10. The lowest BCUT2D eigenvalue weighted by atomic mass is 10.2. The molecule has 21 heavy (non-hydrogen) atoms. The third-order valence-electron chi connectivity index (χ3n) is 2.89. The van der Waals surface area contributed by atoms with Gasteiger partial charge in [0.15, 0.2) is 0 Å². The summed E-state index contributed by atoms with van der Waals surface area (Å²) in [6.07, 6.45) is 0. The van der Waals surface area contributed by atoms with Gasteiger partial charge in [-0.2, -0.15) is 0 Å². The van der Waals surface area contributed by atoms with Crippen LogP contribution in [-0.4, -0.2) is 13.5 Å². The quantitative estimate of drug-likeness (QED) is 0.787. The summed E-state index contributed by atoms with van der Waals surface area (Å²) in [5.74, 6) is -0.0701. The van der Waals surface area contributed by atoms with Gasteiger partial charge in [-0.05, 0) is 29.8 Å². The van der Waals surface area contributed by atoms with E-state index in [-0.39, 0.29) is 11.5 Å². The zero-order valence-electron chi connectivity index (χ0n) is 11.1. The van der Waals surface area contributed by atoms with Gasteiger partial charge in [-0.3, -0.25) is 0 Å². The van der Waals surface area contributed by atoms with Crippen molar-refractivity contribution in [3.05, 3.63) is 58.6 Å². The van der Waals surface area contributed by atoms with Crippen LogP contribution < -0.4 is 10.5 Å². The summed E-state index contributed by atoms with van der Waals surface area (Å²) in [4.78, 5) is 0. The number of aromatic hydroxyl groups is 1. The number of anilines is 1. The monoisotopic (exact) mass is 326 g/mol. The summed E-state index contributed by atoms with van der Waals surface area (Å²) in [5, 5.41) is 18.3. The normalized spacial score (nSPS) is 11.3. The van der Waals surface area contributed by atoms with E-state index in [1.807, 2.05) is 0 Å². The first-order valence-electron chi connectivity index (χ1n) is 6.15. The molecule has 0 spiro atoms. The van der Waals surface area contributed by atoms with Crippen molar-refractivity contribution in [2.45, 2.75) is 12.3 Å². The van der Waals surface area contributed by atoms with E-state index in [0.717, 1.165) is 5.69 Å². The van der Waals surface area contributed by atoms with Gasteiger partial charge in [0.25, 0.3) is 0 Å². The lowest BCUT2D eigenvalue weighted by molar-refractivity contribution is 0.469. The van der Waals surface area contributed by atoms with Crippen LogP contribution in [0.15, 0.2) is 42.5 Å². The molecule has 0 fully saturated rings. The van der Waals surface area contributed by atoms with Crippen LogP contribution in [-0.2, 0) is 22.3 Å². The van der Waals surface area contributed by atoms with Gasteiger partial charge in [-0.25, -0.2) is 13.6 Å². The molecule has 0 radical (unpaired) electrons. The molecule has 0 aliphatic rings. The van der Waals surface area contributed by atoms with Crippen molar-refractivity contribution >= 4 is 27.3 Å². The van der Waals surface area contributed by atoms with Crippen LogP contribution in [0.1, 0.15) is 11.1 Å². The molecule has 5 nitrogen and oxygen atoms in total. The molecule has 0 atom stereocenters. The van der Waals surface area contributed by atoms with Crippen molar-refractivity contribution in [3.63, 3.8) is 0 Å². The predicted octanol–water partition coefficient (Wildman–Crippen LogP) is 2.45. The van der Waals surface area contributed by atoms with Crippen molar-refractivity contribution in [1.82, 2.24) is 0 Å². The highest BCUT2D eigenvalue weighted by molar-refractivity contribution is 7.88. The van der Waals surface area contributed by atoms with E-state index in [4.69, 9.17) is 16.7 Å². The second kappa shape index (κ2) is 6.34. The van der Waals surface area contributed by atoms with Crippen molar-refractivity contribution in [1.29, 1.82) is 0 Å². The molecule has 0 amide bonds. The molecule has 0 heterocycles. The van der Waals surface area contributed by atoms with Gasteiger partial charge in [-0.15, -0.1) is 0 Å². The Bertz CT molecular complexity index is 710. The Balaban J connectivity index is 2.04. The Hall–Kier alpha value is -1.76. The summed E-state index contributed by atoms with van der Waals surface area (Å²) in [6.45, 7) is 0.361. The molecular weight excluding hydrogens is 312 g/mol. The largest absolute Gasteiger partial charge is 0.508 e. The fourth-order valence-electron chi connectivity index (χ4n) is 1.86. The molecule has 7 heteroatoms. The molecule has 0 bridgehead atoms. The average molecular weight is 327 g/mol. The molecule has 2 aromatic rings. The molecule has 0 aliphatic heterocycles. The number of hydrogen-bond donors (Lipinski definition) is 3. The number of halogens is 1. The van der Waals surface area contributed by atoms with Crippen LogP contribution in [0.3, 0.4) is 0 Å². The van der Waals surface area contributed by atoms with Crippen LogP contribution in [0.5, 0.6) is 5.75 Å². The molecule has 2 aromatic carbocycles. The third kappa shape index (κ3) is 4.63. The Morgan fingerprint density at radius 3 is 2.38 bits per heavy atom. The number of benzene rings is 2. The number of phenols is 1. The van der Waals surface area contributed by atoms with Gasteiger partial charge in [0, 0.05) is 22.8 Å². The van der Waals surface area contributed by atoms with Gasteiger partial charge in [0.05, 0.1) is 5.75 Å². The average Bonchev–Trinajstić information content (AvgIpc) is 2.38. The summed E-state index contributed by atoms with van der Waals surface area (Å²) in [5.41, 5.74) is 2.00. The fourth-order valence-corrected chi connectivity index (χ4v) is 2.76. The first-order valence-corrected chi connectivity index (χ1v) is 8.24. The van der Waals surface area contributed by atoms with E-state index in [9.17, 15) is 13.5 Å². The number of phenolic OH excluding ortho intramolecular Hbond substituents is 1. The van der Waals surface area contributed by atoms with Crippen LogP contribution in [0.4, 0.5) is 5.69 Å².